The molecule has 1 aliphatic rings. The van der Waals surface area contributed by atoms with Gasteiger partial charge in [-0.25, -0.2) is 4.98 Å². The van der Waals surface area contributed by atoms with Gasteiger partial charge in [-0.1, -0.05) is 0 Å². The summed E-state index contributed by atoms with van der Waals surface area (Å²) in [4.78, 5) is 6.52. The van der Waals surface area contributed by atoms with Crippen molar-refractivity contribution in [2.24, 2.45) is 0 Å². The fourth-order valence-electron chi connectivity index (χ4n) is 1.94. The number of fused-ring (bicyclic) bond motifs is 1. The molecule has 4 nitrogen and oxygen atoms in total. The molecule has 0 N–H and O–H groups in total. The number of nitrogens with zero attached hydrogens (tertiary/aromatic N) is 4. The molecule has 0 fully saturated rings. The predicted octanol–water partition coefficient (Wildman–Crippen LogP) is 1.37. The average molecular weight is 204 g/mol. The van der Waals surface area contributed by atoms with Crippen molar-refractivity contribution in [2.45, 2.75) is 39.4 Å². The minimum Gasteiger partial charge on any atom is -0.317 e. The van der Waals surface area contributed by atoms with E-state index in [0.717, 1.165) is 25.3 Å². The summed E-state index contributed by atoms with van der Waals surface area (Å²) in [6, 6.07) is 2.12. The first kappa shape index (κ1) is 10.2. The molecule has 0 atom stereocenters. The normalized spacial score (nSPS) is 17.2. The van der Waals surface area contributed by atoms with E-state index in [4.69, 9.17) is 5.26 Å². The molecule has 0 amide bonds. The van der Waals surface area contributed by atoms with Crippen molar-refractivity contribution in [3.63, 3.8) is 0 Å². The van der Waals surface area contributed by atoms with Crippen LogP contribution < -0.4 is 0 Å². The number of hydrogen-bond acceptors (Lipinski definition) is 3. The molecule has 0 saturated heterocycles. The third-order valence-corrected chi connectivity index (χ3v) is 2.93. The Morgan fingerprint density at radius 2 is 2.13 bits per heavy atom. The van der Waals surface area contributed by atoms with Gasteiger partial charge in [-0.05, 0) is 20.8 Å². The van der Waals surface area contributed by atoms with Crippen molar-refractivity contribution >= 4 is 0 Å². The van der Waals surface area contributed by atoms with Crippen LogP contribution in [0, 0.1) is 11.3 Å². The van der Waals surface area contributed by atoms with Gasteiger partial charge in [0.1, 0.15) is 6.07 Å². The molecule has 2 heterocycles. The van der Waals surface area contributed by atoms with E-state index in [2.05, 4.69) is 36.7 Å². The van der Waals surface area contributed by atoms with Gasteiger partial charge < -0.3 is 4.57 Å². The summed E-state index contributed by atoms with van der Waals surface area (Å²) in [6.07, 6.45) is 1.82. The third kappa shape index (κ3) is 1.75. The van der Waals surface area contributed by atoms with E-state index in [-0.39, 0.29) is 5.54 Å². The van der Waals surface area contributed by atoms with Crippen LogP contribution in [-0.4, -0.2) is 26.5 Å². The molecular formula is C11H16N4. The molecule has 0 bridgehead atoms. The second kappa shape index (κ2) is 3.35. The second-order valence-corrected chi connectivity index (χ2v) is 4.93. The molecule has 0 spiro atoms. The summed E-state index contributed by atoms with van der Waals surface area (Å²) in [7, 11) is 0. The van der Waals surface area contributed by atoms with E-state index < -0.39 is 0 Å². The molecule has 4 heteroatoms. The van der Waals surface area contributed by atoms with Crippen LogP contribution >= 0.6 is 0 Å². The first-order valence-electron chi connectivity index (χ1n) is 5.22. The van der Waals surface area contributed by atoms with Crippen molar-refractivity contribution in [3.05, 3.63) is 17.7 Å². The van der Waals surface area contributed by atoms with Crippen LogP contribution in [0.3, 0.4) is 0 Å². The SMILES string of the molecule is CC(C)(C)N1CCn2c(cnc2C#N)C1. The molecule has 2 rings (SSSR count). The Morgan fingerprint density at radius 1 is 1.40 bits per heavy atom. The Bertz CT molecular complexity index is 405. The molecule has 0 radical (unpaired) electrons. The second-order valence-electron chi connectivity index (χ2n) is 4.93. The highest BCUT2D eigenvalue weighted by molar-refractivity contribution is 5.18. The predicted molar refractivity (Wildman–Crippen MR) is 57.1 cm³/mol. The van der Waals surface area contributed by atoms with Gasteiger partial charge in [-0.3, -0.25) is 4.90 Å². The highest BCUT2D eigenvalue weighted by Gasteiger charge is 2.26. The van der Waals surface area contributed by atoms with Crippen molar-refractivity contribution in [1.29, 1.82) is 5.26 Å². The molecule has 15 heavy (non-hydrogen) atoms. The van der Waals surface area contributed by atoms with Gasteiger partial charge in [0.05, 0.1) is 11.9 Å². The van der Waals surface area contributed by atoms with Crippen LogP contribution in [-0.2, 0) is 13.1 Å². The summed E-state index contributed by atoms with van der Waals surface area (Å²) in [6.45, 7) is 9.38. The third-order valence-electron chi connectivity index (χ3n) is 2.93. The van der Waals surface area contributed by atoms with Crippen molar-refractivity contribution in [3.8, 4) is 6.07 Å². The number of imidazole rings is 1. The van der Waals surface area contributed by atoms with Gasteiger partial charge in [-0.2, -0.15) is 5.26 Å². The topological polar surface area (TPSA) is 44.9 Å². The number of aromatic nitrogens is 2. The van der Waals surface area contributed by atoms with Gasteiger partial charge in [0.2, 0.25) is 5.82 Å². The molecule has 0 saturated carbocycles. The van der Waals surface area contributed by atoms with Gasteiger partial charge in [0.15, 0.2) is 0 Å². The van der Waals surface area contributed by atoms with Crippen LogP contribution in [0.15, 0.2) is 6.20 Å². The molecule has 0 unspecified atom stereocenters. The highest BCUT2D eigenvalue weighted by atomic mass is 15.3. The van der Waals surface area contributed by atoms with Crippen LogP contribution in [0.1, 0.15) is 32.3 Å². The molecule has 0 aliphatic carbocycles. The van der Waals surface area contributed by atoms with Crippen molar-refractivity contribution in [2.75, 3.05) is 6.54 Å². The molecule has 1 aromatic heterocycles. The van der Waals surface area contributed by atoms with E-state index in [1.54, 1.807) is 0 Å². The van der Waals surface area contributed by atoms with Crippen molar-refractivity contribution in [1.82, 2.24) is 14.5 Å². The first-order chi connectivity index (χ1) is 7.02. The number of nitriles is 1. The maximum atomic E-state index is 8.86. The Balaban J connectivity index is 2.26. The quantitative estimate of drug-likeness (QED) is 0.641. The maximum absolute atomic E-state index is 8.86. The van der Waals surface area contributed by atoms with E-state index in [1.807, 2.05) is 10.8 Å². The molecule has 1 aromatic rings. The fourth-order valence-corrected chi connectivity index (χ4v) is 1.94. The van der Waals surface area contributed by atoms with Crippen LogP contribution in [0.4, 0.5) is 0 Å². The Hall–Kier alpha value is -1.34. The Kier molecular flexibility index (Phi) is 2.28. The van der Waals surface area contributed by atoms with Crippen LogP contribution in [0.5, 0.6) is 0 Å². The zero-order valence-corrected chi connectivity index (χ0v) is 9.49. The zero-order valence-electron chi connectivity index (χ0n) is 9.49. The lowest BCUT2D eigenvalue weighted by molar-refractivity contribution is 0.102. The minimum atomic E-state index is 0.183. The lowest BCUT2D eigenvalue weighted by atomic mass is 10.0. The lowest BCUT2D eigenvalue weighted by Crippen LogP contribution is -2.45. The smallest absolute Gasteiger partial charge is 0.213 e. The molecular weight excluding hydrogens is 188 g/mol. The summed E-state index contributed by atoms with van der Waals surface area (Å²) < 4.78 is 2.02. The largest absolute Gasteiger partial charge is 0.317 e. The van der Waals surface area contributed by atoms with Crippen LogP contribution in [0.2, 0.25) is 0 Å². The minimum absolute atomic E-state index is 0.183. The Morgan fingerprint density at radius 3 is 2.73 bits per heavy atom. The van der Waals surface area contributed by atoms with Crippen molar-refractivity contribution < 1.29 is 0 Å². The zero-order chi connectivity index (χ0) is 11.1. The average Bonchev–Trinajstić information content (AvgIpc) is 2.58. The standard InChI is InChI=1S/C11H16N4/c1-11(2,3)14-4-5-15-9(8-14)7-13-10(15)6-12/h7H,4-5,8H2,1-3H3. The van der Waals surface area contributed by atoms with Gasteiger partial charge in [0.25, 0.3) is 0 Å². The van der Waals surface area contributed by atoms with E-state index in [9.17, 15) is 0 Å². The lowest BCUT2D eigenvalue weighted by Gasteiger charge is -2.38. The van der Waals surface area contributed by atoms with Crippen LogP contribution in [0.25, 0.3) is 0 Å². The van der Waals surface area contributed by atoms with E-state index in [0.29, 0.717) is 5.82 Å². The molecule has 0 aromatic carbocycles. The maximum Gasteiger partial charge on any atom is 0.213 e. The number of rotatable bonds is 0. The van der Waals surface area contributed by atoms with Gasteiger partial charge in [-0.15, -0.1) is 0 Å². The fraction of sp³-hybridized carbons (Fsp3) is 0.636. The highest BCUT2D eigenvalue weighted by Crippen LogP contribution is 2.21. The number of hydrogen-bond donors (Lipinski definition) is 0. The summed E-state index contributed by atoms with van der Waals surface area (Å²) in [5.74, 6) is 0.540. The summed E-state index contributed by atoms with van der Waals surface area (Å²) >= 11 is 0. The first-order valence-corrected chi connectivity index (χ1v) is 5.22. The molecule has 1 aliphatic heterocycles. The summed E-state index contributed by atoms with van der Waals surface area (Å²) in [5.41, 5.74) is 1.33. The van der Waals surface area contributed by atoms with E-state index in [1.165, 1.54) is 0 Å². The molecule has 80 valence electrons. The monoisotopic (exact) mass is 204 g/mol. The van der Waals surface area contributed by atoms with E-state index >= 15 is 0 Å². The summed E-state index contributed by atoms with van der Waals surface area (Å²) in [5, 5.41) is 8.86. The van der Waals surface area contributed by atoms with Gasteiger partial charge in [0, 0.05) is 25.2 Å². The Labute approximate surface area is 90.1 Å². The van der Waals surface area contributed by atoms with Gasteiger partial charge >= 0.3 is 0 Å².